The van der Waals surface area contributed by atoms with Crippen molar-refractivity contribution >= 4 is 11.9 Å². The molecule has 3 amide bonds. The van der Waals surface area contributed by atoms with Crippen molar-refractivity contribution in [1.82, 2.24) is 14.7 Å². The van der Waals surface area contributed by atoms with Gasteiger partial charge in [-0.1, -0.05) is 30.3 Å². The molecule has 0 aromatic heterocycles. The van der Waals surface area contributed by atoms with Gasteiger partial charge in [0.15, 0.2) is 0 Å². The average molecular weight is 327 g/mol. The number of piperidine rings is 1. The van der Waals surface area contributed by atoms with Crippen LogP contribution in [0.1, 0.15) is 38.2 Å². The number of nitrogens with zero attached hydrogens (tertiary/aromatic N) is 3. The Hall–Kier alpha value is -1.88. The van der Waals surface area contributed by atoms with E-state index in [1.165, 1.54) is 5.56 Å². The number of rotatable bonds is 3. The highest BCUT2D eigenvalue weighted by molar-refractivity contribution is 6.04. The summed E-state index contributed by atoms with van der Waals surface area (Å²) in [6, 6.07) is 10.7. The Bertz CT molecular complexity index is 611. The normalized spacial score (nSPS) is 31.0. The van der Waals surface area contributed by atoms with Crippen molar-refractivity contribution in [3.8, 4) is 0 Å². The summed E-state index contributed by atoms with van der Waals surface area (Å²) in [6.45, 7) is 4.82. The fourth-order valence-electron chi connectivity index (χ4n) is 4.46. The van der Waals surface area contributed by atoms with Crippen molar-refractivity contribution in [3.63, 3.8) is 0 Å². The van der Waals surface area contributed by atoms with Crippen LogP contribution < -0.4 is 0 Å². The molecule has 5 nitrogen and oxygen atoms in total. The van der Waals surface area contributed by atoms with Gasteiger partial charge in [0.05, 0.1) is 0 Å². The smallest absolute Gasteiger partial charge is 0.312 e. The predicted molar refractivity (Wildman–Crippen MR) is 91.3 cm³/mol. The molecule has 4 rings (SSSR count). The van der Waals surface area contributed by atoms with Crippen molar-refractivity contribution in [2.45, 2.75) is 57.3 Å². The van der Waals surface area contributed by atoms with Crippen LogP contribution in [0, 0.1) is 0 Å². The second-order valence-corrected chi connectivity index (χ2v) is 7.33. The Morgan fingerprint density at radius 3 is 2.58 bits per heavy atom. The molecular formula is C19H25N3O2. The molecule has 0 N–H and O–H groups in total. The first-order valence-electron chi connectivity index (χ1n) is 9.07. The van der Waals surface area contributed by atoms with Gasteiger partial charge in [0.2, 0.25) is 0 Å². The zero-order valence-corrected chi connectivity index (χ0v) is 14.2. The molecule has 128 valence electrons. The van der Waals surface area contributed by atoms with Gasteiger partial charge in [0.1, 0.15) is 6.04 Å². The molecule has 0 bridgehead atoms. The molecule has 3 fully saturated rings. The van der Waals surface area contributed by atoms with E-state index in [0.717, 1.165) is 45.3 Å². The maximum Gasteiger partial charge on any atom is 0.327 e. The second kappa shape index (κ2) is 6.20. The van der Waals surface area contributed by atoms with Gasteiger partial charge in [-0.25, -0.2) is 4.79 Å². The van der Waals surface area contributed by atoms with Gasteiger partial charge in [0, 0.05) is 31.7 Å². The maximum absolute atomic E-state index is 12.6. The standard InChI is InChI=1S/C19H25N3O2/c1-14-12-16(9-11-20(14)13-15-6-3-2-4-7-15)22-18(23)17-8-5-10-21(17)19(22)24/h2-4,6-7,14,16-17H,5,8-13H2,1H3. The number of hydrogen-bond donors (Lipinski definition) is 0. The van der Waals surface area contributed by atoms with E-state index in [4.69, 9.17) is 0 Å². The maximum atomic E-state index is 12.6. The number of carbonyl (C=O) groups is 2. The van der Waals surface area contributed by atoms with E-state index in [-0.39, 0.29) is 24.0 Å². The Kier molecular flexibility index (Phi) is 4.04. The summed E-state index contributed by atoms with van der Waals surface area (Å²) in [6.07, 6.45) is 3.56. The monoisotopic (exact) mass is 327 g/mol. The largest absolute Gasteiger partial charge is 0.327 e. The Balaban J connectivity index is 1.41. The lowest BCUT2D eigenvalue weighted by molar-refractivity contribution is -0.130. The van der Waals surface area contributed by atoms with E-state index in [9.17, 15) is 9.59 Å². The number of carbonyl (C=O) groups excluding carboxylic acids is 2. The van der Waals surface area contributed by atoms with Gasteiger partial charge >= 0.3 is 6.03 Å². The van der Waals surface area contributed by atoms with Crippen LogP contribution in [0.25, 0.3) is 0 Å². The van der Waals surface area contributed by atoms with Crippen LogP contribution in [0.15, 0.2) is 30.3 Å². The summed E-state index contributed by atoms with van der Waals surface area (Å²) in [5, 5.41) is 0. The zero-order valence-electron chi connectivity index (χ0n) is 14.2. The average Bonchev–Trinajstić information content (AvgIpc) is 3.15. The van der Waals surface area contributed by atoms with Crippen LogP contribution >= 0.6 is 0 Å². The van der Waals surface area contributed by atoms with E-state index in [1.54, 1.807) is 9.80 Å². The molecular weight excluding hydrogens is 302 g/mol. The number of fused-ring (bicyclic) bond motifs is 1. The molecule has 3 saturated heterocycles. The number of urea groups is 1. The van der Waals surface area contributed by atoms with E-state index in [1.807, 2.05) is 6.07 Å². The fraction of sp³-hybridized carbons (Fsp3) is 0.579. The van der Waals surface area contributed by atoms with Crippen molar-refractivity contribution < 1.29 is 9.59 Å². The van der Waals surface area contributed by atoms with Crippen molar-refractivity contribution in [2.24, 2.45) is 0 Å². The second-order valence-electron chi connectivity index (χ2n) is 7.33. The molecule has 3 heterocycles. The van der Waals surface area contributed by atoms with Crippen molar-refractivity contribution in [2.75, 3.05) is 13.1 Å². The SMILES string of the molecule is CC1CC(N2C(=O)C3CCCN3C2=O)CCN1Cc1ccccc1. The molecule has 3 unspecified atom stereocenters. The fourth-order valence-corrected chi connectivity index (χ4v) is 4.46. The highest BCUT2D eigenvalue weighted by atomic mass is 16.2. The first-order valence-corrected chi connectivity index (χ1v) is 9.07. The minimum Gasteiger partial charge on any atom is -0.312 e. The Morgan fingerprint density at radius 2 is 1.88 bits per heavy atom. The molecule has 24 heavy (non-hydrogen) atoms. The van der Waals surface area contributed by atoms with Crippen LogP contribution in [-0.4, -0.2) is 57.9 Å². The minimum atomic E-state index is -0.171. The summed E-state index contributed by atoms with van der Waals surface area (Å²) >= 11 is 0. The lowest BCUT2D eigenvalue weighted by Gasteiger charge is -2.40. The first kappa shape index (κ1) is 15.6. The van der Waals surface area contributed by atoms with E-state index < -0.39 is 0 Å². The number of likely N-dealkylation sites (tertiary alicyclic amines) is 1. The molecule has 3 atom stereocenters. The number of imide groups is 1. The molecule has 0 saturated carbocycles. The highest BCUT2D eigenvalue weighted by Gasteiger charge is 2.50. The van der Waals surface area contributed by atoms with Crippen LogP contribution in [0.3, 0.4) is 0 Å². The predicted octanol–water partition coefficient (Wildman–Crippen LogP) is 2.47. The van der Waals surface area contributed by atoms with Gasteiger partial charge in [-0.05, 0) is 38.2 Å². The number of hydrogen-bond acceptors (Lipinski definition) is 3. The summed E-state index contributed by atoms with van der Waals surface area (Å²) in [7, 11) is 0. The molecule has 3 aliphatic heterocycles. The van der Waals surface area contributed by atoms with Gasteiger partial charge in [-0.15, -0.1) is 0 Å². The van der Waals surface area contributed by atoms with Crippen LogP contribution in [0.4, 0.5) is 4.79 Å². The third-order valence-corrected chi connectivity index (χ3v) is 5.81. The summed E-state index contributed by atoms with van der Waals surface area (Å²) in [5.41, 5.74) is 1.32. The van der Waals surface area contributed by atoms with Crippen LogP contribution in [0.5, 0.6) is 0 Å². The molecule has 0 aliphatic carbocycles. The van der Waals surface area contributed by atoms with Gasteiger partial charge < -0.3 is 4.90 Å². The molecule has 1 aromatic rings. The highest BCUT2D eigenvalue weighted by Crippen LogP contribution is 2.32. The Labute approximate surface area is 143 Å². The minimum absolute atomic E-state index is 0.0452. The number of benzene rings is 1. The molecule has 0 radical (unpaired) electrons. The summed E-state index contributed by atoms with van der Waals surface area (Å²) in [5.74, 6) is 0.0474. The van der Waals surface area contributed by atoms with E-state index in [2.05, 4.69) is 36.1 Å². The van der Waals surface area contributed by atoms with Gasteiger partial charge in [-0.3, -0.25) is 14.6 Å². The third kappa shape index (κ3) is 2.61. The van der Waals surface area contributed by atoms with Crippen molar-refractivity contribution in [1.29, 1.82) is 0 Å². The zero-order chi connectivity index (χ0) is 16.7. The van der Waals surface area contributed by atoms with E-state index in [0.29, 0.717) is 6.04 Å². The van der Waals surface area contributed by atoms with Gasteiger partial charge in [0.25, 0.3) is 5.91 Å². The molecule has 0 spiro atoms. The van der Waals surface area contributed by atoms with Crippen LogP contribution in [-0.2, 0) is 11.3 Å². The Morgan fingerprint density at radius 1 is 1.08 bits per heavy atom. The molecule has 5 heteroatoms. The molecule has 3 aliphatic rings. The lowest BCUT2D eigenvalue weighted by atomic mass is 9.96. The third-order valence-electron chi connectivity index (χ3n) is 5.81. The topological polar surface area (TPSA) is 43.9 Å². The van der Waals surface area contributed by atoms with Crippen molar-refractivity contribution in [3.05, 3.63) is 35.9 Å². The summed E-state index contributed by atoms with van der Waals surface area (Å²) in [4.78, 5) is 31.0. The number of amides is 3. The summed E-state index contributed by atoms with van der Waals surface area (Å²) < 4.78 is 0. The lowest BCUT2D eigenvalue weighted by Crippen LogP contribution is -2.51. The molecule has 1 aromatic carbocycles. The first-order chi connectivity index (χ1) is 11.6. The van der Waals surface area contributed by atoms with Gasteiger partial charge in [-0.2, -0.15) is 0 Å². The van der Waals surface area contributed by atoms with Crippen LogP contribution in [0.2, 0.25) is 0 Å². The quantitative estimate of drug-likeness (QED) is 0.801. The van der Waals surface area contributed by atoms with E-state index >= 15 is 0 Å².